The molecule has 6 nitrogen and oxygen atoms in total. The second-order valence-electron chi connectivity index (χ2n) is 7.12. The highest BCUT2D eigenvalue weighted by Crippen LogP contribution is 2.29. The van der Waals surface area contributed by atoms with E-state index in [4.69, 9.17) is 9.47 Å². The van der Waals surface area contributed by atoms with Gasteiger partial charge in [0.2, 0.25) is 0 Å². The summed E-state index contributed by atoms with van der Waals surface area (Å²) in [6.07, 6.45) is 2.97. The molecule has 1 aliphatic rings. The number of ether oxygens (including phenoxy) is 2. The van der Waals surface area contributed by atoms with Gasteiger partial charge in [0.05, 0.1) is 12.6 Å². The lowest BCUT2D eigenvalue weighted by atomic mass is 10.1. The molecule has 1 saturated heterocycles. The van der Waals surface area contributed by atoms with Gasteiger partial charge in [0, 0.05) is 37.3 Å². The van der Waals surface area contributed by atoms with E-state index in [-0.39, 0.29) is 6.23 Å². The van der Waals surface area contributed by atoms with Crippen LogP contribution in [0.3, 0.4) is 0 Å². The van der Waals surface area contributed by atoms with Gasteiger partial charge in [-0.1, -0.05) is 30.3 Å². The molecule has 0 spiro atoms. The van der Waals surface area contributed by atoms with Gasteiger partial charge in [-0.15, -0.1) is 0 Å². The van der Waals surface area contributed by atoms with Gasteiger partial charge in [0.15, 0.2) is 17.7 Å². The Morgan fingerprint density at radius 3 is 2.61 bits per heavy atom. The number of aryl methyl sites for hydroxylation is 1. The number of rotatable bonds is 8. The van der Waals surface area contributed by atoms with Crippen molar-refractivity contribution in [1.82, 2.24) is 20.4 Å². The number of aromatic nitrogens is 2. The summed E-state index contributed by atoms with van der Waals surface area (Å²) in [6.45, 7) is 3.98. The van der Waals surface area contributed by atoms with Crippen LogP contribution in [0.15, 0.2) is 48.5 Å². The van der Waals surface area contributed by atoms with Gasteiger partial charge in [0.25, 0.3) is 0 Å². The van der Waals surface area contributed by atoms with Crippen molar-refractivity contribution in [2.24, 2.45) is 0 Å². The van der Waals surface area contributed by atoms with Gasteiger partial charge in [0.1, 0.15) is 0 Å². The highest BCUT2D eigenvalue weighted by atomic mass is 16.5. The first-order chi connectivity index (χ1) is 13.8. The van der Waals surface area contributed by atoms with Crippen molar-refractivity contribution in [3.63, 3.8) is 0 Å². The predicted molar refractivity (Wildman–Crippen MR) is 111 cm³/mol. The molecule has 1 aromatic heterocycles. The molecule has 0 radical (unpaired) electrons. The van der Waals surface area contributed by atoms with Crippen molar-refractivity contribution >= 4 is 10.9 Å². The number of methoxy groups -OCH3 is 1. The van der Waals surface area contributed by atoms with Crippen LogP contribution in [-0.4, -0.2) is 54.6 Å². The third-order valence-corrected chi connectivity index (χ3v) is 5.31. The fourth-order valence-corrected chi connectivity index (χ4v) is 3.81. The number of aromatic amines is 1. The molecule has 0 saturated carbocycles. The minimum atomic E-state index is 0.0348. The molecule has 3 aromatic rings. The standard InChI is InChI=1S/C22H28N4O2/c1-27-20-10-4-5-11-21(20)28-22(26-15-13-23-14-16-26)12-6-9-19-17-7-2-3-8-18(17)24-25-19/h2-5,7-8,10-11,22-23H,6,9,12-16H2,1H3,(H,24,25). The average Bonchev–Trinajstić information content (AvgIpc) is 3.17. The molecule has 1 fully saturated rings. The van der Waals surface area contributed by atoms with Crippen LogP contribution < -0.4 is 14.8 Å². The predicted octanol–water partition coefficient (Wildman–Crippen LogP) is 3.20. The zero-order valence-corrected chi connectivity index (χ0v) is 16.4. The Labute approximate surface area is 165 Å². The first-order valence-corrected chi connectivity index (χ1v) is 10.0. The Bertz CT molecular complexity index is 889. The SMILES string of the molecule is COc1ccccc1OC(CCCc1[nH]nc2ccccc12)N1CCNCC1. The van der Waals surface area contributed by atoms with Crippen molar-refractivity contribution in [1.29, 1.82) is 0 Å². The summed E-state index contributed by atoms with van der Waals surface area (Å²) in [5, 5.41) is 12.2. The van der Waals surface area contributed by atoms with Crippen molar-refractivity contribution in [3.8, 4) is 11.5 Å². The number of hydrogen-bond donors (Lipinski definition) is 2. The molecule has 0 bridgehead atoms. The first kappa shape index (κ1) is 18.8. The Morgan fingerprint density at radius 2 is 1.79 bits per heavy atom. The van der Waals surface area contributed by atoms with Crippen LogP contribution in [0.1, 0.15) is 18.5 Å². The van der Waals surface area contributed by atoms with Gasteiger partial charge < -0.3 is 14.8 Å². The van der Waals surface area contributed by atoms with E-state index in [0.717, 1.165) is 62.5 Å². The van der Waals surface area contributed by atoms with Crippen LogP contribution in [0.25, 0.3) is 10.9 Å². The molecular formula is C22H28N4O2. The van der Waals surface area contributed by atoms with Gasteiger partial charge in [-0.05, 0) is 37.5 Å². The molecule has 2 N–H and O–H groups in total. The van der Waals surface area contributed by atoms with E-state index >= 15 is 0 Å². The summed E-state index contributed by atoms with van der Waals surface area (Å²) < 4.78 is 11.9. The molecule has 4 rings (SSSR count). The maximum atomic E-state index is 6.43. The van der Waals surface area contributed by atoms with Gasteiger partial charge in [-0.25, -0.2) is 0 Å². The highest BCUT2D eigenvalue weighted by Gasteiger charge is 2.23. The third-order valence-electron chi connectivity index (χ3n) is 5.31. The Hall–Kier alpha value is -2.57. The average molecular weight is 380 g/mol. The van der Waals surface area contributed by atoms with Crippen molar-refractivity contribution in [2.45, 2.75) is 25.5 Å². The maximum Gasteiger partial charge on any atom is 0.163 e. The Kier molecular flexibility index (Phi) is 6.09. The van der Waals surface area contributed by atoms with Crippen molar-refractivity contribution in [3.05, 3.63) is 54.2 Å². The van der Waals surface area contributed by atoms with Crippen LogP contribution >= 0.6 is 0 Å². The largest absolute Gasteiger partial charge is 0.493 e. The summed E-state index contributed by atoms with van der Waals surface area (Å²) in [7, 11) is 1.69. The number of piperazine rings is 1. The second-order valence-corrected chi connectivity index (χ2v) is 7.12. The smallest absolute Gasteiger partial charge is 0.163 e. The second kappa shape index (κ2) is 9.08. The zero-order chi connectivity index (χ0) is 19.2. The van der Waals surface area contributed by atoms with E-state index < -0.39 is 0 Å². The zero-order valence-electron chi connectivity index (χ0n) is 16.4. The first-order valence-electron chi connectivity index (χ1n) is 10.0. The number of nitrogens with zero attached hydrogens (tertiary/aromatic N) is 2. The van der Waals surface area contributed by atoms with Crippen molar-refractivity contribution in [2.75, 3.05) is 33.3 Å². The topological polar surface area (TPSA) is 62.4 Å². The summed E-state index contributed by atoms with van der Waals surface area (Å²) in [5.41, 5.74) is 2.23. The summed E-state index contributed by atoms with van der Waals surface area (Å²) in [4.78, 5) is 2.42. The maximum absolute atomic E-state index is 6.43. The molecular weight excluding hydrogens is 352 g/mol. The monoisotopic (exact) mass is 380 g/mol. The summed E-state index contributed by atoms with van der Waals surface area (Å²) >= 11 is 0. The highest BCUT2D eigenvalue weighted by molar-refractivity contribution is 5.81. The normalized spacial score (nSPS) is 16.2. The third kappa shape index (κ3) is 4.29. The molecule has 1 atom stereocenters. The lowest BCUT2D eigenvalue weighted by molar-refractivity contribution is 0.00804. The lowest BCUT2D eigenvalue weighted by Gasteiger charge is -2.35. The van der Waals surface area contributed by atoms with Crippen LogP contribution in [0, 0.1) is 0 Å². The van der Waals surface area contributed by atoms with Gasteiger partial charge in [-0.3, -0.25) is 10.00 Å². The minimum Gasteiger partial charge on any atom is -0.493 e. The van der Waals surface area contributed by atoms with Gasteiger partial charge in [-0.2, -0.15) is 5.10 Å². The Balaban J connectivity index is 1.44. The number of H-pyrrole nitrogens is 1. The molecule has 148 valence electrons. The van der Waals surface area contributed by atoms with E-state index in [1.54, 1.807) is 7.11 Å². The van der Waals surface area contributed by atoms with E-state index in [2.05, 4.69) is 32.5 Å². The van der Waals surface area contributed by atoms with Crippen LogP contribution in [-0.2, 0) is 6.42 Å². The van der Waals surface area contributed by atoms with E-state index in [1.807, 2.05) is 36.4 Å². The van der Waals surface area contributed by atoms with E-state index in [9.17, 15) is 0 Å². The molecule has 0 aliphatic carbocycles. The molecule has 2 aromatic carbocycles. The van der Waals surface area contributed by atoms with Crippen LogP contribution in [0.5, 0.6) is 11.5 Å². The van der Waals surface area contributed by atoms with Gasteiger partial charge >= 0.3 is 0 Å². The Morgan fingerprint density at radius 1 is 1.04 bits per heavy atom. The number of hydrogen-bond acceptors (Lipinski definition) is 5. The van der Waals surface area contributed by atoms with Crippen LogP contribution in [0.4, 0.5) is 0 Å². The summed E-state index contributed by atoms with van der Waals surface area (Å²) in [6, 6.07) is 16.1. The number of benzene rings is 2. The fourth-order valence-electron chi connectivity index (χ4n) is 3.81. The number of para-hydroxylation sites is 3. The van der Waals surface area contributed by atoms with Crippen LogP contribution in [0.2, 0.25) is 0 Å². The fraction of sp³-hybridized carbons (Fsp3) is 0.409. The summed E-state index contributed by atoms with van der Waals surface area (Å²) in [5.74, 6) is 1.59. The van der Waals surface area contributed by atoms with Crippen molar-refractivity contribution < 1.29 is 9.47 Å². The molecule has 1 aliphatic heterocycles. The van der Waals surface area contributed by atoms with E-state index in [1.165, 1.54) is 11.1 Å². The quantitative estimate of drug-likeness (QED) is 0.628. The molecule has 0 amide bonds. The molecule has 28 heavy (non-hydrogen) atoms. The van der Waals surface area contributed by atoms with E-state index in [0.29, 0.717) is 0 Å². The minimum absolute atomic E-state index is 0.0348. The number of nitrogens with one attached hydrogen (secondary N) is 2. The number of fused-ring (bicyclic) bond motifs is 1. The lowest BCUT2D eigenvalue weighted by Crippen LogP contribution is -2.50. The molecule has 6 heteroatoms. The molecule has 1 unspecified atom stereocenters. The molecule has 2 heterocycles.